The van der Waals surface area contributed by atoms with Gasteiger partial charge in [0.05, 0.1) is 53.6 Å². The number of aromatic nitrogens is 2. The largest absolute Gasteiger partial charge is 0.416 e. The summed E-state index contributed by atoms with van der Waals surface area (Å²) in [6.45, 7) is 1.33. The second-order valence-electron chi connectivity index (χ2n) is 7.56. The molecule has 4 rings (SSSR count). The van der Waals surface area contributed by atoms with Crippen molar-refractivity contribution in [3.8, 4) is 11.8 Å². The van der Waals surface area contributed by atoms with Crippen LogP contribution in [0.15, 0.2) is 66.5 Å². The number of anilines is 1. The second-order valence-corrected chi connectivity index (χ2v) is 7.56. The van der Waals surface area contributed by atoms with Crippen LogP contribution in [0.5, 0.6) is 0 Å². The van der Waals surface area contributed by atoms with Crippen LogP contribution in [0, 0.1) is 11.3 Å². The third kappa shape index (κ3) is 4.15. The Kier molecular flexibility index (Phi) is 5.94. The lowest BCUT2D eigenvalue weighted by Gasteiger charge is -2.38. The van der Waals surface area contributed by atoms with Gasteiger partial charge in [-0.05, 0) is 55.5 Å². The Balaban J connectivity index is 1.86. The summed E-state index contributed by atoms with van der Waals surface area (Å²) in [6, 6.07) is 15.0. The molecule has 7 nitrogen and oxygen atoms in total. The molecule has 2 heterocycles. The van der Waals surface area contributed by atoms with Crippen molar-refractivity contribution in [3.63, 3.8) is 0 Å². The fourth-order valence-corrected chi connectivity index (χ4v) is 3.82. The van der Waals surface area contributed by atoms with Gasteiger partial charge in [-0.2, -0.15) is 23.5 Å². The number of hydrogen-bond acceptors (Lipinski definition) is 5. The number of benzene rings is 2. The van der Waals surface area contributed by atoms with Crippen molar-refractivity contribution >= 4 is 23.5 Å². The summed E-state index contributed by atoms with van der Waals surface area (Å²) in [4.78, 5) is 27.4. The third-order valence-electron chi connectivity index (χ3n) is 5.50. The van der Waals surface area contributed by atoms with Gasteiger partial charge >= 0.3 is 6.18 Å². The van der Waals surface area contributed by atoms with E-state index < -0.39 is 17.6 Å². The van der Waals surface area contributed by atoms with E-state index >= 15 is 0 Å². The van der Waals surface area contributed by atoms with Crippen LogP contribution in [0.25, 0.3) is 11.3 Å². The molecule has 0 radical (unpaired) electrons. The number of allylic oxidation sites excluding steroid dienone is 1. The van der Waals surface area contributed by atoms with Crippen molar-refractivity contribution in [1.82, 2.24) is 14.7 Å². The van der Waals surface area contributed by atoms with Gasteiger partial charge in [-0.1, -0.05) is 6.07 Å². The van der Waals surface area contributed by atoms with E-state index in [1.165, 1.54) is 27.9 Å². The van der Waals surface area contributed by atoms with Crippen LogP contribution in [-0.4, -0.2) is 40.1 Å². The molecule has 1 aliphatic rings. The van der Waals surface area contributed by atoms with Gasteiger partial charge < -0.3 is 14.6 Å². The molecule has 0 saturated carbocycles. The van der Waals surface area contributed by atoms with Crippen molar-refractivity contribution in [3.05, 3.63) is 83.3 Å². The normalized spacial score (nSPS) is 14.4. The van der Waals surface area contributed by atoms with Crippen molar-refractivity contribution in [1.29, 1.82) is 5.26 Å². The van der Waals surface area contributed by atoms with Gasteiger partial charge in [-0.3, -0.25) is 4.79 Å². The minimum atomic E-state index is -4.53. The first-order valence-electron chi connectivity index (χ1n) is 10.2. The first-order chi connectivity index (χ1) is 16.2. The molecule has 0 unspecified atom stereocenters. The van der Waals surface area contributed by atoms with E-state index in [9.17, 15) is 22.8 Å². The number of aldehydes is 1. The molecule has 0 aliphatic carbocycles. The first kappa shape index (κ1) is 22.8. The van der Waals surface area contributed by atoms with E-state index in [1.807, 2.05) is 6.07 Å². The van der Waals surface area contributed by atoms with E-state index in [-0.39, 0.29) is 24.5 Å². The highest BCUT2D eigenvalue weighted by Gasteiger charge is 2.35. The number of nitriles is 1. The molecule has 0 bridgehead atoms. The van der Waals surface area contributed by atoms with Crippen molar-refractivity contribution in [2.24, 2.45) is 0 Å². The zero-order valence-electron chi connectivity index (χ0n) is 18.0. The SMILES string of the molecule is CC1=C(c2ccnn2-c2ccc(C#N)cc2)C(=O)N(CC=O)CN1c1cccc(C(F)(F)F)c1. The van der Waals surface area contributed by atoms with Crippen LogP contribution in [0.1, 0.15) is 23.7 Å². The molecular formula is C24H18F3N5O2. The van der Waals surface area contributed by atoms with E-state index in [0.717, 1.165) is 12.1 Å². The summed E-state index contributed by atoms with van der Waals surface area (Å²) in [5, 5.41) is 13.3. The molecule has 0 fully saturated rings. The van der Waals surface area contributed by atoms with Gasteiger partial charge in [0.25, 0.3) is 5.91 Å². The number of halogens is 3. The molecule has 1 amide bonds. The molecule has 0 saturated heterocycles. The van der Waals surface area contributed by atoms with Crippen LogP contribution in [0.4, 0.5) is 18.9 Å². The predicted octanol–water partition coefficient (Wildman–Crippen LogP) is 4.00. The summed E-state index contributed by atoms with van der Waals surface area (Å²) < 4.78 is 41.4. The van der Waals surface area contributed by atoms with Gasteiger partial charge in [-0.15, -0.1) is 0 Å². The first-order valence-corrected chi connectivity index (χ1v) is 10.2. The monoisotopic (exact) mass is 465 g/mol. The number of carbonyl (C=O) groups is 2. The van der Waals surface area contributed by atoms with Gasteiger partial charge in [0.2, 0.25) is 0 Å². The zero-order chi connectivity index (χ0) is 24.5. The highest BCUT2D eigenvalue weighted by molar-refractivity contribution is 6.21. The molecule has 2 aromatic carbocycles. The summed E-state index contributed by atoms with van der Waals surface area (Å²) in [7, 11) is 0. The molecule has 0 N–H and O–H groups in total. The van der Waals surface area contributed by atoms with Crippen LogP contribution in [0.2, 0.25) is 0 Å². The smallest absolute Gasteiger partial charge is 0.326 e. The lowest BCUT2D eigenvalue weighted by molar-refractivity contribution is -0.137. The standard InChI is InChI=1S/C24H18F3N5O2/c1-16-22(21-9-10-29-32(21)19-7-5-17(14-28)6-8-19)23(34)30(11-12-33)15-31(16)20-4-2-3-18(13-20)24(25,26)27/h2-10,12-13H,11,15H2,1H3. The number of hydrogen-bond donors (Lipinski definition) is 0. The van der Waals surface area contributed by atoms with Gasteiger partial charge in [0, 0.05) is 11.4 Å². The number of carbonyl (C=O) groups excluding carboxylic acids is 2. The van der Waals surface area contributed by atoms with E-state index in [1.54, 1.807) is 42.2 Å². The molecule has 0 spiro atoms. The van der Waals surface area contributed by atoms with Crippen molar-refractivity contribution in [2.45, 2.75) is 13.1 Å². The molecule has 3 aromatic rings. The van der Waals surface area contributed by atoms with Gasteiger partial charge in [-0.25, -0.2) is 4.68 Å². The maximum absolute atomic E-state index is 13.3. The highest BCUT2D eigenvalue weighted by Crippen LogP contribution is 2.36. The maximum Gasteiger partial charge on any atom is 0.416 e. The summed E-state index contributed by atoms with van der Waals surface area (Å²) >= 11 is 0. The number of amides is 1. The third-order valence-corrected chi connectivity index (χ3v) is 5.50. The van der Waals surface area contributed by atoms with Crippen LogP contribution in [-0.2, 0) is 15.8 Å². The Morgan fingerprint density at radius 3 is 2.50 bits per heavy atom. The Morgan fingerprint density at radius 2 is 1.85 bits per heavy atom. The van der Waals surface area contributed by atoms with E-state index in [2.05, 4.69) is 5.10 Å². The average Bonchev–Trinajstić information content (AvgIpc) is 3.30. The van der Waals surface area contributed by atoms with Crippen LogP contribution >= 0.6 is 0 Å². The summed E-state index contributed by atoms with van der Waals surface area (Å²) in [5.41, 5.74) is 1.48. The van der Waals surface area contributed by atoms with Crippen LogP contribution < -0.4 is 4.90 Å². The van der Waals surface area contributed by atoms with Gasteiger partial charge in [0.15, 0.2) is 0 Å². The summed E-state index contributed by atoms with van der Waals surface area (Å²) in [5.74, 6) is -0.441. The molecule has 10 heteroatoms. The fourth-order valence-electron chi connectivity index (χ4n) is 3.82. The number of alkyl halides is 3. The lowest BCUT2D eigenvalue weighted by atomic mass is 10.0. The topological polar surface area (TPSA) is 82.2 Å². The Morgan fingerprint density at radius 1 is 1.12 bits per heavy atom. The fraction of sp³-hybridized carbons (Fsp3) is 0.167. The number of rotatable bonds is 5. The van der Waals surface area contributed by atoms with Crippen LogP contribution in [0.3, 0.4) is 0 Å². The Labute approximate surface area is 192 Å². The van der Waals surface area contributed by atoms with Crippen molar-refractivity contribution < 1.29 is 22.8 Å². The summed E-state index contributed by atoms with van der Waals surface area (Å²) in [6.07, 6.45) is -2.47. The maximum atomic E-state index is 13.3. The molecule has 34 heavy (non-hydrogen) atoms. The highest BCUT2D eigenvalue weighted by atomic mass is 19.4. The van der Waals surface area contributed by atoms with Gasteiger partial charge in [0.1, 0.15) is 6.29 Å². The predicted molar refractivity (Wildman–Crippen MR) is 117 cm³/mol. The molecule has 172 valence electrons. The molecular weight excluding hydrogens is 447 g/mol. The van der Waals surface area contributed by atoms with Crippen molar-refractivity contribution in [2.75, 3.05) is 18.1 Å². The molecule has 1 aliphatic heterocycles. The zero-order valence-corrected chi connectivity index (χ0v) is 18.0. The quantitative estimate of drug-likeness (QED) is 0.532. The van der Waals surface area contributed by atoms with E-state index in [4.69, 9.17) is 5.26 Å². The van der Waals surface area contributed by atoms with E-state index in [0.29, 0.717) is 28.9 Å². The molecule has 0 atom stereocenters. The minimum absolute atomic E-state index is 0.0841. The second kappa shape index (κ2) is 8.86. The Hall–Kier alpha value is -4.39. The molecule has 1 aromatic heterocycles. The number of nitrogens with zero attached hydrogens (tertiary/aromatic N) is 5. The Bertz CT molecular complexity index is 1320. The lowest BCUT2D eigenvalue weighted by Crippen LogP contribution is -2.47. The minimum Gasteiger partial charge on any atom is -0.326 e. The average molecular weight is 465 g/mol.